The molecule has 0 aliphatic carbocycles. The second kappa shape index (κ2) is 6.55. The van der Waals surface area contributed by atoms with Gasteiger partial charge in [0.15, 0.2) is 0 Å². The fourth-order valence-electron chi connectivity index (χ4n) is 1.88. The molecule has 3 heteroatoms. The maximum Gasteiger partial charge on any atom is 0.335 e. The maximum absolute atomic E-state index is 10.2. The summed E-state index contributed by atoms with van der Waals surface area (Å²) in [6.45, 7) is 10.1. The Bertz CT molecular complexity index is 344. The summed E-state index contributed by atoms with van der Waals surface area (Å²) in [5.74, 6) is -0.879. The van der Waals surface area contributed by atoms with E-state index in [1.165, 1.54) is 0 Å². The Hall–Kier alpha value is -1.35. The number of aliphatic hydroxyl groups is 1. The third kappa shape index (κ3) is 9.85. The predicted molar refractivity (Wildman–Crippen MR) is 73.8 cm³/mol. The Balaban J connectivity index is 0.000000321. The lowest BCUT2D eigenvalue weighted by atomic mass is 9.84. The van der Waals surface area contributed by atoms with Crippen LogP contribution in [0.1, 0.15) is 51.4 Å². The van der Waals surface area contributed by atoms with Crippen LogP contribution in [0, 0.1) is 5.41 Å². The summed E-state index contributed by atoms with van der Waals surface area (Å²) < 4.78 is 0. The zero-order valence-corrected chi connectivity index (χ0v) is 11.9. The number of benzene rings is 1. The predicted octanol–water partition coefficient (Wildman–Crippen LogP) is 3.58. The number of rotatable bonds is 2. The van der Waals surface area contributed by atoms with Crippen molar-refractivity contribution >= 4 is 5.97 Å². The summed E-state index contributed by atoms with van der Waals surface area (Å²) in [4.78, 5) is 10.2. The molecule has 1 rings (SSSR count). The van der Waals surface area contributed by atoms with Crippen molar-refractivity contribution in [3.8, 4) is 0 Å². The molecule has 0 saturated carbocycles. The minimum atomic E-state index is -0.879. The minimum absolute atomic E-state index is 0.234. The van der Waals surface area contributed by atoms with Gasteiger partial charge in [-0.15, -0.1) is 0 Å². The summed E-state index contributed by atoms with van der Waals surface area (Å²) in [5, 5.41) is 17.7. The highest BCUT2D eigenvalue weighted by atomic mass is 16.4. The minimum Gasteiger partial charge on any atom is -0.478 e. The SMILES string of the molecule is CC(C)(C)CC(C)(C)O.O=C(O)c1ccccc1. The first-order valence-electron chi connectivity index (χ1n) is 6.02. The molecule has 0 radical (unpaired) electrons. The lowest BCUT2D eigenvalue weighted by Gasteiger charge is -2.27. The van der Waals surface area contributed by atoms with Gasteiger partial charge in [0, 0.05) is 0 Å². The standard InChI is InChI=1S/C8H18O.C7H6O2/c1-7(2,3)6-8(4,5)9;8-7(9)6-4-2-1-3-5-6/h9H,6H2,1-5H3;1-5H,(H,8,9). The number of carboxylic acid groups (broad SMARTS) is 1. The van der Waals surface area contributed by atoms with Gasteiger partial charge in [-0.25, -0.2) is 4.79 Å². The normalized spacial score (nSPS) is 11.4. The molecule has 0 atom stereocenters. The largest absolute Gasteiger partial charge is 0.478 e. The van der Waals surface area contributed by atoms with Gasteiger partial charge in [-0.3, -0.25) is 0 Å². The van der Waals surface area contributed by atoms with Crippen LogP contribution in [0.2, 0.25) is 0 Å². The molecule has 2 N–H and O–H groups in total. The zero-order chi connectivity index (χ0) is 14.4. The number of carboxylic acids is 1. The van der Waals surface area contributed by atoms with Crippen LogP contribution in [-0.2, 0) is 0 Å². The Morgan fingerprint density at radius 2 is 1.50 bits per heavy atom. The average Bonchev–Trinajstić information content (AvgIpc) is 2.14. The van der Waals surface area contributed by atoms with E-state index in [1.54, 1.807) is 30.3 Å². The summed E-state index contributed by atoms with van der Waals surface area (Å²) in [5.41, 5.74) is 0.0498. The van der Waals surface area contributed by atoms with Crippen molar-refractivity contribution in [3.05, 3.63) is 35.9 Å². The summed E-state index contributed by atoms with van der Waals surface area (Å²) in [6.07, 6.45) is 0.847. The highest BCUT2D eigenvalue weighted by Crippen LogP contribution is 2.26. The fraction of sp³-hybridized carbons (Fsp3) is 0.533. The van der Waals surface area contributed by atoms with Gasteiger partial charge in [-0.2, -0.15) is 0 Å². The van der Waals surface area contributed by atoms with Gasteiger partial charge >= 0.3 is 5.97 Å². The van der Waals surface area contributed by atoms with Crippen LogP contribution in [0.5, 0.6) is 0 Å². The number of hydrogen-bond donors (Lipinski definition) is 2. The van der Waals surface area contributed by atoms with Crippen molar-refractivity contribution in [1.82, 2.24) is 0 Å². The Morgan fingerprint density at radius 3 is 1.67 bits per heavy atom. The van der Waals surface area contributed by atoms with Crippen LogP contribution in [0.15, 0.2) is 30.3 Å². The lowest BCUT2D eigenvalue weighted by molar-refractivity contribution is 0.0370. The van der Waals surface area contributed by atoms with E-state index in [1.807, 2.05) is 13.8 Å². The van der Waals surface area contributed by atoms with Crippen LogP contribution >= 0.6 is 0 Å². The topological polar surface area (TPSA) is 57.5 Å². The van der Waals surface area contributed by atoms with Crippen LogP contribution in [0.4, 0.5) is 0 Å². The molecule has 1 aromatic carbocycles. The van der Waals surface area contributed by atoms with E-state index >= 15 is 0 Å². The van der Waals surface area contributed by atoms with Crippen molar-refractivity contribution in [1.29, 1.82) is 0 Å². The second-order valence-electron chi connectivity index (χ2n) is 6.22. The number of hydrogen-bond acceptors (Lipinski definition) is 2. The quantitative estimate of drug-likeness (QED) is 0.845. The molecule has 0 bridgehead atoms. The second-order valence-corrected chi connectivity index (χ2v) is 6.22. The van der Waals surface area contributed by atoms with E-state index in [-0.39, 0.29) is 5.41 Å². The number of carbonyl (C=O) groups is 1. The molecule has 0 fully saturated rings. The van der Waals surface area contributed by atoms with Gasteiger partial charge in [-0.05, 0) is 37.8 Å². The molecule has 18 heavy (non-hydrogen) atoms. The van der Waals surface area contributed by atoms with Crippen molar-refractivity contribution in [2.24, 2.45) is 5.41 Å². The molecule has 0 heterocycles. The summed E-state index contributed by atoms with van der Waals surface area (Å²) >= 11 is 0. The van der Waals surface area contributed by atoms with Gasteiger partial charge in [0.25, 0.3) is 0 Å². The first kappa shape index (κ1) is 16.6. The van der Waals surface area contributed by atoms with Crippen molar-refractivity contribution < 1.29 is 15.0 Å². The summed E-state index contributed by atoms with van der Waals surface area (Å²) in [7, 11) is 0. The molecule has 0 unspecified atom stereocenters. The molecule has 1 aromatic rings. The maximum atomic E-state index is 10.2. The Labute approximate surface area is 109 Å². The van der Waals surface area contributed by atoms with E-state index in [0.29, 0.717) is 5.56 Å². The molecule has 102 valence electrons. The van der Waals surface area contributed by atoms with E-state index in [9.17, 15) is 9.90 Å². The molecule has 0 aliphatic heterocycles. The third-order valence-corrected chi connectivity index (χ3v) is 1.98. The van der Waals surface area contributed by atoms with E-state index < -0.39 is 11.6 Å². The van der Waals surface area contributed by atoms with Crippen molar-refractivity contribution in [2.45, 2.75) is 46.6 Å². The van der Waals surface area contributed by atoms with Gasteiger partial charge in [0.1, 0.15) is 0 Å². The van der Waals surface area contributed by atoms with E-state index in [0.717, 1.165) is 6.42 Å². The zero-order valence-electron chi connectivity index (χ0n) is 11.9. The first-order valence-corrected chi connectivity index (χ1v) is 6.02. The van der Waals surface area contributed by atoms with E-state index in [4.69, 9.17) is 5.11 Å². The van der Waals surface area contributed by atoms with Crippen LogP contribution < -0.4 is 0 Å². The highest BCUT2D eigenvalue weighted by Gasteiger charge is 2.21. The number of aromatic carboxylic acids is 1. The highest BCUT2D eigenvalue weighted by molar-refractivity contribution is 5.87. The van der Waals surface area contributed by atoms with Gasteiger partial charge in [-0.1, -0.05) is 39.0 Å². The molecule has 0 spiro atoms. The summed E-state index contributed by atoms with van der Waals surface area (Å²) in [6, 6.07) is 8.30. The van der Waals surface area contributed by atoms with Gasteiger partial charge in [0.2, 0.25) is 0 Å². The fourth-order valence-corrected chi connectivity index (χ4v) is 1.88. The molecule has 0 aliphatic rings. The molecule has 3 nitrogen and oxygen atoms in total. The third-order valence-electron chi connectivity index (χ3n) is 1.98. The van der Waals surface area contributed by atoms with Gasteiger partial charge in [0.05, 0.1) is 11.2 Å². The average molecular weight is 252 g/mol. The molecule has 0 amide bonds. The van der Waals surface area contributed by atoms with Crippen LogP contribution in [-0.4, -0.2) is 21.8 Å². The first-order chi connectivity index (χ1) is 8.01. The van der Waals surface area contributed by atoms with Crippen LogP contribution in [0.25, 0.3) is 0 Å². The van der Waals surface area contributed by atoms with Crippen molar-refractivity contribution in [3.63, 3.8) is 0 Å². The van der Waals surface area contributed by atoms with Crippen molar-refractivity contribution in [2.75, 3.05) is 0 Å². The van der Waals surface area contributed by atoms with Gasteiger partial charge < -0.3 is 10.2 Å². The molecule has 0 aromatic heterocycles. The molecular weight excluding hydrogens is 228 g/mol. The Morgan fingerprint density at radius 1 is 1.06 bits per heavy atom. The smallest absolute Gasteiger partial charge is 0.335 e. The lowest BCUT2D eigenvalue weighted by Crippen LogP contribution is -2.25. The Kier molecular flexibility index (Phi) is 6.06. The molecule has 0 saturated heterocycles. The van der Waals surface area contributed by atoms with E-state index in [2.05, 4.69) is 20.8 Å². The van der Waals surface area contributed by atoms with Crippen LogP contribution in [0.3, 0.4) is 0 Å². The molecular formula is C15H24O3. The monoisotopic (exact) mass is 252 g/mol.